The SMILES string of the molecule is CC(C)ON1C(=O)CC(C)C1=O.CC(C)ON1C(=O)CCC1=O. The Hall–Kier alpha value is -1.80. The molecule has 8 nitrogen and oxygen atoms in total. The summed E-state index contributed by atoms with van der Waals surface area (Å²) in [6, 6.07) is 0. The third-order valence-electron chi connectivity index (χ3n) is 2.97. The molecule has 0 aromatic rings. The van der Waals surface area contributed by atoms with Gasteiger partial charge in [0.2, 0.25) is 0 Å². The third kappa shape index (κ3) is 5.40. The summed E-state index contributed by atoms with van der Waals surface area (Å²) in [4.78, 5) is 54.2. The fourth-order valence-corrected chi connectivity index (χ4v) is 1.96. The van der Waals surface area contributed by atoms with Crippen LogP contribution in [0.15, 0.2) is 0 Å². The molecule has 0 aromatic carbocycles. The monoisotopic (exact) mass is 328 g/mol. The minimum atomic E-state index is -0.235. The average Bonchev–Trinajstić information content (AvgIpc) is 2.86. The number of hydroxylamine groups is 4. The van der Waals surface area contributed by atoms with E-state index in [1.807, 2.05) is 0 Å². The van der Waals surface area contributed by atoms with Gasteiger partial charge in [-0.15, -0.1) is 0 Å². The van der Waals surface area contributed by atoms with Crippen molar-refractivity contribution in [1.29, 1.82) is 0 Å². The predicted molar refractivity (Wildman–Crippen MR) is 79.2 cm³/mol. The van der Waals surface area contributed by atoms with E-state index in [1.165, 1.54) is 0 Å². The summed E-state index contributed by atoms with van der Waals surface area (Å²) in [6.07, 6.45) is 0.576. The van der Waals surface area contributed by atoms with Crippen molar-refractivity contribution in [2.45, 2.75) is 66.1 Å². The van der Waals surface area contributed by atoms with Crippen LogP contribution >= 0.6 is 0 Å². The highest BCUT2D eigenvalue weighted by molar-refractivity contribution is 6.02. The molecule has 0 bridgehead atoms. The van der Waals surface area contributed by atoms with E-state index in [0.717, 1.165) is 10.1 Å². The molecule has 0 spiro atoms. The maximum atomic E-state index is 11.2. The summed E-state index contributed by atoms with van der Waals surface area (Å²) in [5.74, 6) is -1.15. The molecule has 0 aliphatic carbocycles. The maximum Gasteiger partial charge on any atom is 0.256 e. The summed E-state index contributed by atoms with van der Waals surface area (Å²) in [5.41, 5.74) is 0. The van der Waals surface area contributed by atoms with Crippen molar-refractivity contribution in [1.82, 2.24) is 10.1 Å². The topological polar surface area (TPSA) is 93.2 Å². The number of hydrogen-bond acceptors (Lipinski definition) is 6. The molecule has 1 atom stereocenters. The quantitative estimate of drug-likeness (QED) is 0.720. The van der Waals surface area contributed by atoms with Gasteiger partial charge in [0.15, 0.2) is 0 Å². The summed E-state index contributed by atoms with van der Waals surface area (Å²) in [7, 11) is 0. The Balaban J connectivity index is 0.000000231. The van der Waals surface area contributed by atoms with E-state index in [9.17, 15) is 19.2 Å². The average molecular weight is 328 g/mol. The van der Waals surface area contributed by atoms with Crippen LogP contribution in [0.25, 0.3) is 0 Å². The molecule has 0 radical (unpaired) electrons. The summed E-state index contributed by atoms with van der Waals surface area (Å²) in [5, 5.41) is 1.75. The van der Waals surface area contributed by atoms with Crippen molar-refractivity contribution in [2.24, 2.45) is 5.92 Å². The lowest BCUT2D eigenvalue weighted by Crippen LogP contribution is -2.33. The van der Waals surface area contributed by atoms with Gasteiger partial charge in [-0.1, -0.05) is 6.92 Å². The molecule has 1 unspecified atom stereocenters. The van der Waals surface area contributed by atoms with E-state index in [-0.39, 0.29) is 61.0 Å². The van der Waals surface area contributed by atoms with Crippen LogP contribution < -0.4 is 0 Å². The van der Waals surface area contributed by atoms with Crippen molar-refractivity contribution < 1.29 is 28.9 Å². The molecule has 8 heteroatoms. The van der Waals surface area contributed by atoms with Gasteiger partial charge in [-0.3, -0.25) is 28.9 Å². The van der Waals surface area contributed by atoms with Crippen LogP contribution in [0, 0.1) is 5.92 Å². The number of imide groups is 2. The van der Waals surface area contributed by atoms with Gasteiger partial charge in [0.1, 0.15) is 0 Å². The van der Waals surface area contributed by atoms with Crippen LogP contribution in [0.1, 0.15) is 53.9 Å². The highest BCUT2D eigenvalue weighted by Gasteiger charge is 2.37. The van der Waals surface area contributed by atoms with Gasteiger partial charge in [-0.05, 0) is 27.7 Å². The summed E-state index contributed by atoms with van der Waals surface area (Å²) in [6.45, 7) is 8.84. The molecule has 23 heavy (non-hydrogen) atoms. The fraction of sp³-hybridized carbons (Fsp3) is 0.733. The Labute approximate surface area is 135 Å². The van der Waals surface area contributed by atoms with Crippen molar-refractivity contribution in [3.63, 3.8) is 0 Å². The first-order chi connectivity index (χ1) is 10.6. The van der Waals surface area contributed by atoms with E-state index in [1.54, 1.807) is 34.6 Å². The Morgan fingerprint density at radius 2 is 1.26 bits per heavy atom. The van der Waals surface area contributed by atoms with Gasteiger partial charge in [0.05, 0.1) is 12.2 Å². The molecular formula is C15H24N2O6. The Bertz CT molecular complexity index is 472. The first kappa shape index (κ1) is 19.2. The minimum absolute atomic E-state index is 0.124. The van der Waals surface area contributed by atoms with Gasteiger partial charge in [0, 0.05) is 25.2 Å². The second-order valence-corrected chi connectivity index (χ2v) is 6.02. The molecule has 2 aliphatic heterocycles. The largest absolute Gasteiger partial charge is 0.272 e. The third-order valence-corrected chi connectivity index (χ3v) is 2.97. The number of nitrogens with zero attached hydrogens (tertiary/aromatic N) is 2. The van der Waals surface area contributed by atoms with Gasteiger partial charge in [0.25, 0.3) is 23.6 Å². The van der Waals surface area contributed by atoms with E-state index in [4.69, 9.17) is 9.68 Å². The standard InChI is InChI=1S/C8H13NO3.C7H11NO3/c1-5(2)12-9-7(10)4-6(3)8(9)11;1-5(2)11-8-6(9)3-4-7(8)10/h5-6H,4H2,1-3H3;5H,3-4H2,1-2H3. The van der Waals surface area contributed by atoms with Crippen LogP contribution in [0.5, 0.6) is 0 Å². The van der Waals surface area contributed by atoms with Gasteiger partial charge >= 0.3 is 0 Å². The van der Waals surface area contributed by atoms with Crippen LogP contribution in [-0.2, 0) is 28.9 Å². The van der Waals surface area contributed by atoms with E-state index >= 15 is 0 Å². The molecule has 0 N–H and O–H groups in total. The van der Waals surface area contributed by atoms with E-state index in [0.29, 0.717) is 0 Å². The van der Waals surface area contributed by atoms with Crippen molar-refractivity contribution in [3.8, 4) is 0 Å². The molecule has 0 saturated carbocycles. The maximum absolute atomic E-state index is 11.2. The van der Waals surface area contributed by atoms with Crippen LogP contribution in [0.3, 0.4) is 0 Å². The molecule has 0 aromatic heterocycles. The Morgan fingerprint density at radius 3 is 1.61 bits per heavy atom. The highest BCUT2D eigenvalue weighted by atomic mass is 16.7. The Morgan fingerprint density at radius 1 is 0.826 bits per heavy atom. The van der Waals surface area contributed by atoms with Crippen molar-refractivity contribution >= 4 is 23.6 Å². The van der Waals surface area contributed by atoms with E-state index in [2.05, 4.69) is 0 Å². The zero-order valence-corrected chi connectivity index (χ0v) is 14.2. The molecule has 2 fully saturated rings. The summed E-state index contributed by atoms with van der Waals surface area (Å²) >= 11 is 0. The fourth-order valence-electron chi connectivity index (χ4n) is 1.96. The molecular weight excluding hydrogens is 304 g/mol. The molecule has 4 amide bonds. The zero-order chi connectivity index (χ0) is 17.7. The summed E-state index contributed by atoms with van der Waals surface area (Å²) < 4.78 is 0. The van der Waals surface area contributed by atoms with Crippen LogP contribution in [0.4, 0.5) is 0 Å². The zero-order valence-electron chi connectivity index (χ0n) is 14.2. The molecule has 2 aliphatic rings. The van der Waals surface area contributed by atoms with Gasteiger partial charge in [-0.2, -0.15) is 10.1 Å². The van der Waals surface area contributed by atoms with Gasteiger partial charge < -0.3 is 0 Å². The number of amides is 4. The smallest absolute Gasteiger partial charge is 0.256 e. The highest BCUT2D eigenvalue weighted by Crippen LogP contribution is 2.19. The van der Waals surface area contributed by atoms with Gasteiger partial charge in [-0.25, -0.2) is 0 Å². The first-order valence-corrected chi connectivity index (χ1v) is 7.69. The predicted octanol–water partition coefficient (Wildman–Crippen LogP) is 1.20. The van der Waals surface area contributed by atoms with Crippen LogP contribution in [0.2, 0.25) is 0 Å². The molecule has 130 valence electrons. The number of carbonyl (C=O) groups excluding carboxylic acids is 4. The lowest BCUT2D eigenvalue weighted by Gasteiger charge is -2.16. The van der Waals surface area contributed by atoms with Crippen molar-refractivity contribution in [2.75, 3.05) is 0 Å². The second-order valence-electron chi connectivity index (χ2n) is 6.02. The number of rotatable bonds is 4. The number of hydrogen-bond donors (Lipinski definition) is 0. The first-order valence-electron chi connectivity index (χ1n) is 7.69. The normalized spacial score (nSPS) is 21.6. The van der Waals surface area contributed by atoms with Crippen molar-refractivity contribution in [3.05, 3.63) is 0 Å². The van der Waals surface area contributed by atoms with Crippen LogP contribution in [-0.4, -0.2) is 46.0 Å². The molecule has 2 rings (SSSR count). The minimum Gasteiger partial charge on any atom is -0.272 e. The molecule has 2 heterocycles. The molecule has 2 saturated heterocycles. The Kier molecular flexibility index (Phi) is 6.83. The lowest BCUT2D eigenvalue weighted by atomic mass is 10.1. The van der Waals surface area contributed by atoms with E-state index < -0.39 is 0 Å². The number of carbonyl (C=O) groups is 4. The second kappa shape index (κ2) is 8.16. The lowest BCUT2D eigenvalue weighted by molar-refractivity contribution is -0.199.